The fourth-order valence-corrected chi connectivity index (χ4v) is 4.86. The number of aromatic nitrogens is 2. The first-order valence-electron chi connectivity index (χ1n) is 9.59. The van der Waals surface area contributed by atoms with Gasteiger partial charge in [-0.25, -0.2) is 23.2 Å². The summed E-state index contributed by atoms with van der Waals surface area (Å²) in [5.41, 5.74) is 0. The van der Waals surface area contributed by atoms with E-state index < -0.39 is 10.0 Å². The lowest BCUT2D eigenvalue weighted by atomic mass is 9.96. The van der Waals surface area contributed by atoms with Crippen molar-refractivity contribution in [1.82, 2.24) is 24.9 Å². The van der Waals surface area contributed by atoms with E-state index in [-0.39, 0.29) is 24.4 Å². The summed E-state index contributed by atoms with van der Waals surface area (Å²) < 4.78 is 26.5. The Morgan fingerprint density at radius 1 is 1.07 bits per heavy atom. The highest BCUT2D eigenvalue weighted by atomic mass is 32.2. The lowest BCUT2D eigenvalue weighted by Gasteiger charge is -2.33. The number of anilines is 1. The second kappa shape index (κ2) is 9.32. The molecule has 0 unspecified atom stereocenters. The van der Waals surface area contributed by atoms with E-state index in [9.17, 15) is 13.2 Å². The van der Waals surface area contributed by atoms with Crippen molar-refractivity contribution in [2.75, 3.05) is 43.4 Å². The zero-order valence-corrected chi connectivity index (χ0v) is 16.3. The van der Waals surface area contributed by atoms with E-state index in [0.29, 0.717) is 32.1 Å². The highest BCUT2D eigenvalue weighted by Gasteiger charge is 2.27. The van der Waals surface area contributed by atoms with Crippen LogP contribution in [0.1, 0.15) is 32.1 Å². The molecule has 1 aromatic heterocycles. The van der Waals surface area contributed by atoms with Gasteiger partial charge in [0.05, 0.1) is 5.75 Å². The molecule has 0 bridgehead atoms. The standard InChI is InChI=1S/C17H28N6O3S/c24-17(21-15-5-2-1-3-6-15)20-9-14-27(25,26)23-12-10-22(11-13-23)16-18-7-4-8-19-16/h4,7-8,15H,1-3,5-6,9-14H2,(H2,20,21,24). The minimum atomic E-state index is -3.39. The van der Waals surface area contributed by atoms with Gasteiger partial charge in [0.2, 0.25) is 16.0 Å². The number of urea groups is 1. The molecule has 0 spiro atoms. The van der Waals surface area contributed by atoms with Gasteiger partial charge in [-0.2, -0.15) is 4.31 Å². The maximum absolute atomic E-state index is 12.5. The van der Waals surface area contributed by atoms with E-state index in [4.69, 9.17) is 0 Å². The molecule has 0 aromatic carbocycles. The number of carbonyl (C=O) groups is 1. The van der Waals surface area contributed by atoms with Crippen molar-refractivity contribution in [3.8, 4) is 0 Å². The lowest BCUT2D eigenvalue weighted by molar-refractivity contribution is 0.233. The molecule has 3 rings (SSSR count). The molecule has 1 aliphatic heterocycles. The zero-order chi connectivity index (χ0) is 19.1. The molecular formula is C17H28N6O3S. The predicted octanol–water partition coefficient (Wildman–Crippen LogP) is 0.560. The first-order valence-corrected chi connectivity index (χ1v) is 11.2. The number of hydrogen-bond acceptors (Lipinski definition) is 6. The molecule has 1 saturated carbocycles. The Morgan fingerprint density at radius 3 is 2.41 bits per heavy atom. The van der Waals surface area contributed by atoms with E-state index in [0.717, 1.165) is 25.7 Å². The predicted molar refractivity (Wildman–Crippen MR) is 103 cm³/mol. The monoisotopic (exact) mass is 396 g/mol. The number of nitrogens with zero attached hydrogens (tertiary/aromatic N) is 4. The molecule has 2 aliphatic rings. The minimum Gasteiger partial charge on any atom is -0.338 e. The first kappa shape index (κ1) is 19.8. The Balaban J connectivity index is 1.39. The number of rotatable bonds is 6. The summed E-state index contributed by atoms with van der Waals surface area (Å²) in [6, 6.07) is 1.69. The molecule has 2 heterocycles. The van der Waals surface area contributed by atoms with Gasteiger partial charge < -0.3 is 15.5 Å². The smallest absolute Gasteiger partial charge is 0.315 e. The molecule has 2 N–H and O–H groups in total. The molecule has 0 atom stereocenters. The van der Waals surface area contributed by atoms with Crippen molar-refractivity contribution in [3.05, 3.63) is 18.5 Å². The van der Waals surface area contributed by atoms with E-state index in [1.807, 2.05) is 4.90 Å². The summed E-state index contributed by atoms with van der Waals surface area (Å²) in [4.78, 5) is 22.3. The summed E-state index contributed by atoms with van der Waals surface area (Å²) in [6.45, 7) is 2.02. The van der Waals surface area contributed by atoms with Crippen LogP contribution in [0.4, 0.5) is 10.7 Å². The number of carbonyl (C=O) groups excluding carboxylic acids is 1. The van der Waals surface area contributed by atoms with Crippen LogP contribution < -0.4 is 15.5 Å². The van der Waals surface area contributed by atoms with E-state index >= 15 is 0 Å². The van der Waals surface area contributed by atoms with Crippen molar-refractivity contribution in [2.45, 2.75) is 38.1 Å². The maximum Gasteiger partial charge on any atom is 0.315 e. The van der Waals surface area contributed by atoms with Gasteiger partial charge >= 0.3 is 6.03 Å². The number of hydrogen-bond donors (Lipinski definition) is 2. The van der Waals surface area contributed by atoms with Crippen LogP contribution in [0.25, 0.3) is 0 Å². The number of piperazine rings is 1. The molecule has 0 radical (unpaired) electrons. The van der Waals surface area contributed by atoms with Crippen molar-refractivity contribution >= 4 is 22.0 Å². The second-order valence-corrected chi connectivity index (χ2v) is 9.07. The van der Waals surface area contributed by atoms with Gasteiger partial charge in [-0.3, -0.25) is 0 Å². The molecule has 9 nitrogen and oxygen atoms in total. The third-order valence-corrected chi connectivity index (χ3v) is 6.92. The molecule has 1 aromatic rings. The van der Waals surface area contributed by atoms with Crippen LogP contribution in [0.15, 0.2) is 18.5 Å². The molecule has 1 saturated heterocycles. The summed E-state index contributed by atoms with van der Waals surface area (Å²) in [5.74, 6) is 0.531. The lowest BCUT2D eigenvalue weighted by Crippen LogP contribution is -2.51. The van der Waals surface area contributed by atoms with E-state index in [1.165, 1.54) is 10.7 Å². The maximum atomic E-state index is 12.5. The van der Waals surface area contributed by atoms with Gasteiger partial charge in [-0.05, 0) is 18.9 Å². The van der Waals surface area contributed by atoms with Gasteiger partial charge in [0.1, 0.15) is 0 Å². The van der Waals surface area contributed by atoms with Gasteiger partial charge in [0.25, 0.3) is 0 Å². The normalized spacial score (nSPS) is 19.6. The first-order chi connectivity index (χ1) is 13.0. The van der Waals surface area contributed by atoms with Crippen molar-refractivity contribution in [2.24, 2.45) is 0 Å². The highest BCUT2D eigenvalue weighted by molar-refractivity contribution is 7.89. The highest BCUT2D eigenvalue weighted by Crippen LogP contribution is 2.17. The molecule has 150 valence electrons. The molecule has 2 fully saturated rings. The second-order valence-electron chi connectivity index (χ2n) is 6.99. The Hall–Kier alpha value is -1.94. The minimum absolute atomic E-state index is 0.0904. The quantitative estimate of drug-likeness (QED) is 0.728. The Labute approximate surface area is 160 Å². The van der Waals surface area contributed by atoms with Crippen molar-refractivity contribution in [1.29, 1.82) is 0 Å². The van der Waals surface area contributed by atoms with Crippen molar-refractivity contribution < 1.29 is 13.2 Å². The third-order valence-electron chi connectivity index (χ3n) is 5.05. The van der Waals surface area contributed by atoms with Gasteiger partial charge in [-0.15, -0.1) is 0 Å². The summed E-state index contributed by atoms with van der Waals surface area (Å²) >= 11 is 0. The Kier molecular flexibility index (Phi) is 6.84. The van der Waals surface area contributed by atoms with Crippen LogP contribution in [0, 0.1) is 0 Å². The number of sulfonamides is 1. The van der Waals surface area contributed by atoms with Crippen molar-refractivity contribution in [3.63, 3.8) is 0 Å². The summed E-state index contributed by atoms with van der Waals surface area (Å²) in [6.07, 6.45) is 8.85. The number of nitrogens with one attached hydrogen (secondary N) is 2. The van der Waals surface area contributed by atoms with Crippen LogP contribution in [0.2, 0.25) is 0 Å². The van der Waals surface area contributed by atoms with Gasteiger partial charge in [0, 0.05) is 51.2 Å². The van der Waals surface area contributed by atoms with Crippen LogP contribution in [-0.4, -0.2) is 73.2 Å². The fourth-order valence-electron chi connectivity index (χ4n) is 3.53. The SMILES string of the molecule is O=C(NCCS(=O)(=O)N1CCN(c2ncccn2)CC1)NC1CCCCC1. The average molecular weight is 397 g/mol. The average Bonchev–Trinajstić information content (AvgIpc) is 2.69. The van der Waals surface area contributed by atoms with Crippen LogP contribution >= 0.6 is 0 Å². The molecule has 2 amide bonds. The Morgan fingerprint density at radius 2 is 1.74 bits per heavy atom. The van der Waals surface area contributed by atoms with Crippen LogP contribution in [0.3, 0.4) is 0 Å². The van der Waals surface area contributed by atoms with Gasteiger partial charge in [0.15, 0.2) is 0 Å². The molecule has 1 aliphatic carbocycles. The summed E-state index contributed by atoms with van der Waals surface area (Å²) in [7, 11) is -3.39. The fraction of sp³-hybridized carbons (Fsp3) is 0.706. The van der Waals surface area contributed by atoms with Crippen LogP contribution in [-0.2, 0) is 10.0 Å². The molecule has 10 heteroatoms. The van der Waals surface area contributed by atoms with E-state index in [1.54, 1.807) is 18.5 Å². The molecular weight excluding hydrogens is 368 g/mol. The third kappa shape index (κ3) is 5.77. The molecule has 27 heavy (non-hydrogen) atoms. The zero-order valence-electron chi connectivity index (χ0n) is 15.5. The summed E-state index contributed by atoms with van der Waals surface area (Å²) in [5, 5.41) is 5.60. The van der Waals surface area contributed by atoms with Gasteiger partial charge in [-0.1, -0.05) is 19.3 Å². The largest absolute Gasteiger partial charge is 0.338 e. The van der Waals surface area contributed by atoms with Crippen LogP contribution in [0.5, 0.6) is 0 Å². The Bertz CT molecular complexity index is 701. The number of amides is 2. The van der Waals surface area contributed by atoms with E-state index in [2.05, 4.69) is 20.6 Å². The topological polar surface area (TPSA) is 108 Å².